The molecule has 0 fully saturated rings. The average molecular weight is 656 g/mol. The summed E-state index contributed by atoms with van der Waals surface area (Å²) >= 11 is 0. The van der Waals surface area contributed by atoms with Crippen molar-refractivity contribution in [1.82, 2.24) is 36.2 Å². The Morgan fingerprint density at radius 3 is 1.94 bits per heavy atom. The largest absolute Gasteiger partial charge is 0.497 e. The van der Waals surface area contributed by atoms with Crippen LogP contribution in [-0.4, -0.2) is 103 Å². The van der Waals surface area contributed by atoms with E-state index in [1.54, 1.807) is 40.1 Å². The number of carbonyl (C=O) groups excluding carboxylic acids is 4. The third-order valence-corrected chi connectivity index (χ3v) is 7.72. The van der Waals surface area contributed by atoms with Crippen molar-refractivity contribution in [1.29, 1.82) is 0 Å². The van der Waals surface area contributed by atoms with Crippen LogP contribution in [0.25, 0.3) is 0 Å². The van der Waals surface area contributed by atoms with Crippen LogP contribution < -0.4 is 26.1 Å². The molecule has 0 unspecified atom stereocenters. The molecule has 0 bridgehead atoms. The minimum Gasteiger partial charge on any atom is -0.497 e. The highest BCUT2D eigenvalue weighted by Gasteiger charge is 2.42. The normalized spacial score (nSPS) is 13.7. The number of nitrogens with one attached hydrogen (secondary N) is 4. The van der Waals surface area contributed by atoms with Crippen molar-refractivity contribution in [2.75, 3.05) is 41.8 Å². The highest BCUT2D eigenvalue weighted by atomic mass is 16.5. The molecule has 0 heterocycles. The summed E-state index contributed by atoms with van der Waals surface area (Å²) in [5.41, 5.74) is 2.67. The van der Waals surface area contributed by atoms with E-state index in [1.165, 1.54) is 23.9 Å². The zero-order valence-corrected chi connectivity index (χ0v) is 29.2. The number of rotatable bonds is 16. The minimum atomic E-state index is -2.20. The lowest BCUT2D eigenvalue weighted by atomic mass is 9.97. The first-order valence-corrected chi connectivity index (χ1v) is 15.8. The van der Waals surface area contributed by atoms with Crippen molar-refractivity contribution >= 4 is 23.9 Å². The second-order valence-electron chi connectivity index (χ2n) is 12.7. The van der Waals surface area contributed by atoms with Crippen LogP contribution in [-0.2, 0) is 22.6 Å². The van der Waals surface area contributed by atoms with Crippen molar-refractivity contribution in [3.05, 3.63) is 65.7 Å². The first-order valence-electron chi connectivity index (χ1n) is 15.8. The smallest absolute Gasteiger partial charge is 0.319 e. The highest BCUT2D eigenvalue weighted by molar-refractivity contribution is 5.90. The van der Waals surface area contributed by atoms with E-state index in [0.29, 0.717) is 18.6 Å². The molecule has 0 radical (unpaired) electrons. The maximum absolute atomic E-state index is 13.7. The number of urea groups is 2. The number of nitrogens with zero attached hydrogens (tertiary/aromatic N) is 3. The summed E-state index contributed by atoms with van der Waals surface area (Å²) < 4.78 is 5.30. The molecular formula is C34H53N7O6. The number of hydrogen-bond acceptors (Lipinski definition) is 7. The van der Waals surface area contributed by atoms with E-state index in [1.807, 2.05) is 68.4 Å². The fourth-order valence-electron chi connectivity index (χ4n) is 4.62. The lowest BCUT2D eigenvalue weighted by Crippen LogP contribution is -2.65. The van der Waals surface area contributed by atoms with E-state index in [4.69, 9.17) is 4.74 Å². The summed E-state index contributed by atoms with van der Waals surface area (Å²) in [5.74, 6) is -1.40. The van der Waals surface area contributed by atoms with Gasteiger partial charge in [-0.25, -0.2) is 14.6 Å². The Labute approximate surface area is 279 Å². The summed E-state index contributed by atoms with van der Waals surface area (Å²) in [6.07, 6.45) is 1.04. The van der Waals surface area contributed by atoms with Crippen LogP contribution in [0, 0.1) is 11.8 Å². The van der Waals surface area contributed by atoms with Crippen LogP contribution in [0.4, 0.5) is 9.59 Å². The topological polar surface area (TPSA) is 156 Å². The van der Waals surface area contributed by atoms with Gasteiger partial charge in [0, 0.05) is 53.2 Å². The molecule has 0 aromatic heterocycles. The average Bonchev–Trinajstić information content (AvgIpc) is 3.02. The standard InChI is InChI=1S/C34H53N7O6/c1-23(2)29(36-32(44)39(5)6)30(42)38-41(21-26-16-19-28(47-9)20-17-26)22-27(18-15-25-13-11-10-12-14-25)35-31(43)34(46,24(3)4)37-33(45)40(7)8/h10-14,16-17,19-20,23-24,27,29,46H,15,18,21-22H2,1-9H3,(H,35,43)(H,36,44)(H,37,45)(H,38,42)/t27-,29-,34+/m0/s1. The summed E-state index contributed by atoms with van der Waals surface area (Å²) in [6.45, 7) is 7.35. The predicted molar refractivity (Wildman–Crippen MR) is 181 cm³/mol. The highest BCUT2D eigenvalue weighted by Crippen LogP contribution is 2.18. The first-order chi connectivity index (χ1) is 22.1. The predicted octanol–water partition coefficient (Wildman–Crippen LogP) is 2.56. The van der Waals surface area contributed by atoms with E-state index < -0.39 is 47.6 Å². The van der Waals surface area contributed by atoms with Gasteiger partial charge in [0.1, 0.15) is 11.8 Å². The Morgan fingerprint density at radius 1 is 0.830 bits per heavy atom. The maximum Gasteiger partial charge on any atom is 0.319 e. The molecule has 2 aromatic carbocycles. The number of methoxy groups -OCH3 is 1. The molecule has 0 aliphatic heterocycles. The van der Waals surface area contributed by atoms with Gasteiger partial charge < -0.3 is 35.6 Å². The van der Waals surface area contributed by atoms with Gasteiger partial charge in [-0.3, -0.25) is 15.0 Å². The van der Waals surface area contributed by atoms with Crippen LogP contribution in [0.1, 0.15) is 45.2 Å². The van der Waals surface area contributed by atoms with Crippen molar-refractivity contribution < 1.29 is 29.0 Å². The number of carbonyl (C=O) groups is 4. The molecule has 5 N–H and O–H groups in total. The molecule has 0 saturated carbocycles. The lowest BCUT2D eigenvalue weighted by molar-refractivity contribution is -0.148. The number of hydrazine groups is 1. The third kappa shape index (κ3) is 12.1. The fourth-order valence-corrected chi connectivity index (χ4v) is 4.62. The SMILES string of the molecule is COc1ccc(CN(C[C@H](CCc2ccccc2)NC(=O)[C@@](O)(NC(=O)N(C)C)C(C)C)NC(=O)[C@@H](NC(=O)N(C)C)C(C)C)cc1. The van der Waals surface area contributed by atoms with Crippen LogP contribution in [0.3, 0.4) is 0 Å². The van der Waals surface area contributed by atoms with Crippen LogP contribution in [0.2, 0.25) is 0 Å². The van der Waals surface area contributed by atoms with Crippen LogP contribution in [0.5, 0.6) is 5.75 Å². The van der Waals surface area contributed by atoms with Gasteiger partial charge in [0.2, 0.25) is 5.72 Å². The third-order valence-electron chi connectivity index (χ3n) is 7.72. The van der Waals surface area contributed by atoms with Crippen LogP contribution >= 0.6 is 0 Å². The van der Waals surface area contributed by atoms with Gasteiger partial charge in [-0.05, 0) is 42.0 Å². The second-order valence-corrected chi connectivity index (χ2v) is 12.7. The van der Waals surface area contributed by atoms with Crippen LogP contribution in [0.15, 0.2) is 54.6 Å². The van der Waals surface area contributed by atoms with E-state index in [0.717, 1.165) is 11.1 Å². The lowest BCUT2D eigenvalue weighted by Gasteiger charge is -2.36. The number of benzene rings is 2. The summed E-state index contributed by atoms with van der Waals surface area (Å²) in [4.78, 5) is 55.0. The molecule has 2 aromatic rings. The zero-order chi connectivity index (χ0) is 35.3. The Kier molecular flexibility index (Phi) is 15.0. The van der Waals surface area contributed by atoms with Crippen molar-refractivity contribution in [2.45, 2.75) is 64.9 Å². The van der Waals surface area contributed by atoms with E-state index >= 15 is 0 Å². The molecule has 6 amide bonds. The molecule has 260 valence electrons. The van der Waals surface area contributed by atoms with Gasteiger partial charge in [-0.1, -0.05) is 70.2 Å². The molecule has 0 aliphatic carbocycles. The molecule has 47 heavy (non-hydrogen) atoms. The molecule has 0 aliphatic rings. The van der Waals surface area contributed by atoms with Gasteiger partial charge in [-0.2, -0.15) is 0 Å². The van der Waals surface area contributed by atoms with Gasteiger partial charge in [0.25, 0.3) is 11.8 Å². The van der Waals surface area contributed by atoms with Gasteiger partial charge in [0.15, 0.2) is 0 Å². The number of ether oxygens (including phenoxy) is 1. The number of amides is 6. The van der Waals surface area contributed by atoms with Gasteiger partial charge in [0.05, 0.1) is 7.11 Å². The number of aryl methyl sites for hydroxylation is 1. The molecule has 13 nitrogen and oxygen atoms in total. The van der Waals surface area contributed by atoms with Crippen molar-refractivity contribution in [3.8, 4) is 5.75 Å². The quantitative estimate of drug-likeness (QED) is 0.138. The van der Waals surface area contributed by atoms with E-state index in [2.05, 4.69) is 21.4 Å². The Morgan fingerprint density at radius 2 is 1.43 bits per heavy atom. The van der Waals surface area contributed by atoms with Crippen molar-refractivity contribution in [2.24, 2.45) is 11.8 Å². The van der Waals surface area contributed by atoms with Gasteiger partial charge in [-0.15, -0.1) is 0 Å². The van der Waals surface area contributed by atoms with E-state index in [-0.39, 0.29) is 19.0 Å². The molecule has 0 saturated heterocycles. The summed E-state index contributed by atoms with van der Waals surface area (Å²) in [7, 11) is 7.80. The van der Waals surface area contributed by atoms with E-state index in [9.17, 15) is 24.3 Å². The monoisotopic (exact) mass is 655 g/mol. The molecule has 0 spiro atoms. The summed E-state index contributed by atoms with van der Waals surface area (Å²) in [5, 5.41) is 21.3. The zero-order valence-electron chi connectivity index (χ0n) is 29.2. The molecule has 2 rings (SSSR count). The number of aliphatic hydroxyl groups is 1. The maximum atomic E-state index is 13.7. The van der Waals surface area contributed by atoms with Gasteiger partial charge >= 0.3 is 12.1 Å². The fraction of sp³-hybridized carbons (Fsp3) is 0.529. The Bertz CT molecular complexity index is 1300. The molecular weight excluding hydrogens is 602 g/mol. The number of hydrogen-bond donors (Lipinski definition) is 5. The molecule has 3 atom stereocenters. The second kappa shape index (κ2) is 18.1. The minimum absolute atomic E-state index is 0.137. The van der Waals surface area contributed by atoms with Crippen molar-refractivity contribution in [3.63, 3.8) is 0 Å². The molecule has 13 heteroatoms. The summed E-state index contributed by atoms with van der Waals surface area (Å²) in [6, 6.07) is 14.7. The first kappa shape index (κ1) is 38.8. The Hall–Kier alpha value is -4.36. The Balaban J connectivity index is 2.45.